The van der Waals surface area contributed by atoms with Gasteiger partial charge in [-0.3, -0.25) is 37.3 Å². The Morgan fingerprint density at radius 2 is 0.545 bits per heavy atom. The van der Waals surface area contributed by atoms with Crippen LogP contribution in [0.5, 0.6) is 0 Å². The van der Waals surface area contributed by atoms with E-state index in [0.29, 0.717) is 25.7 Å². The van der Waals surface area contributed by atoms with Gasteiger partial charge < -0.3 is 33.8 Å². The fourth-order valence-electron chi connectivity index (χ4n) is 10.4. The number of carbonyl (C=O) groups excluding carboxylic acids is 4. The second-order valence-electron chi connectivity index (χ2n) is 25.4. The van der Waals surface area contributed by atoms with Crippen LogP contribution in [-0.2, 0) is 65.4 Å². The van der Waals surface area contributed by atoms with Crippen molar-refractivity contribution in [1.82, 2.24) is 0 Å². The zero-order chi connectivity index (χ0) is 65.0. The molecule has 4 unspecified atom stereocenters. The third-order valence-electron chi connectivity index (χ3n) is 16.7. The highest BCUT2D eigenvalue weighted by Gasteiger charge is 2.30. The molecule has 0 aliphatic rings. The fourth-order valence-corrected chi connectivity index (χ4v) is 11.9. The molecule has 0 fully saturated rings. The molecule has 0 aromatic carbocycles. The quantitative estimate of drug-likeness (QED) is 0.0222. The highest BCUT2D eigenvalue weighted by atomic mass is 31.2. The Bertz CT molecular complexity index is 1720. The van der Waals surface area contributed by atoms with Crippen molar-refractivity contribution in [3.8, 4) is 0 Å². The third-order valence-corrected chi connectivity index (χ3v) is 18.6. The Balaban J connectivity index is 5.20. The monoisotopic (exact) mass is 1300 g/mol. The zero-order valence-corrected chi connectivity index (χ0v) is 58.8. The summed E-state index contributed by atoms with van der Waals surface area (Å²) in [5.41, 5.74) is 0. The predicted octanol–water partition coefficient (Wildman–Crippen LogP) is 19.6. The molecule has 522 valence electrons. The summed E-state index contributed by atoms with van der Waals surface area (Å²) in [4.78, 5) is 72.4. The molecule has 3 N–H and O–H groups in total. The minimum Gasteiger partial charge on any atom is -0.462 e. The number of phosphoric ester groups is 2. The largest absolute Gasteiger partial charge is 0.472 e. The van der Waals surface area contributed by atoms with Crippen LogP contribution >= 0.6 is 15.6 Å². The van der Waals surface area contributed by atoms with Crippen LogP contribution in [0.2, 0.25) is 0 Å². The zero-order valence-electron chi connectivity index (χ0n) is 57.0. The normalized spacial score (nSPS) is 14.8. The number of aliphatic hydroxyl groups excluding tert-OH is 1. The Kier molecular flexibility index (Phi) is 59.9. The predicted molar refractivity (Wildman–Crippen MR) is 354 cm³/mol. The van der Waals surface area contributed by atoms with Gasteiger partial charge in [0.25, 0.3) is 0 Å². The van der Waals surface area contributed by atoms with Crippen LogP contribution in [0.3, 0.4) is 0 Å². The summed E-state index contributed by atoms with van der Waals surface area (Å²) < 4.78 is 68.2. The molecule has 0 heterocycles. The molecule has 0 radical (unpaired) electrons. The van der Waals surface area contributed by atoms with Crippen LogP contribution in [0.1, 0.15) is 350 Å². The Hall–Kier alpha value is -1.94. The summed E-state index contributed by atoms with van der Waals surface area (Å²) in [6.45, 7) is 9.54. The van der Waals surface area contributed by atoms with Crippen LogP contribution in [0.25, 0.3) is 0 Å². The van der Waals surface area contributed by atoms with E-state index in [1.54, 1.807) is 0 Å². The molecule has 0 saturated carbocycles. The van der Waals surface area contributed by atoms with E-state index in [2.05, 4.69) is 41.5 Å². The lowest BCUT2D eigenvalue weighted by Crippen LogP contribution is -2.30. The first-order chi connectivity index (χ1) is 42.4. The molecular formula is C69H134O17P2. The lowest BCUT2D eigenvalue weighted by molar-refractivity contribution is -0.161. The number of ether oxygens (including phenoxy) is 4. The maximum Gasteiger partial charge on any atom is 0.472 e. The minimum atomic E-state index is -4.95. The summed E-state index contributed by atoms with van der Waals surface area (Å²) in [6, 6.07) is 0. The minimum absolute atomic E-state index is 0.106. The van der Waals surface area contributed by atoms with Crippen LogP contribution in [0, 0.1) is 11.8 Å². The van der Waals surface area contributed by atoms with E-state index in [1.807, 2.05) is 0 Å². The molecule has 0 aliphatic heterocycles. The molecule has 0 bridgehead atoms. The van der Waals surface area contributed by atoms with E-state index in [0.717, 1.165) is 108 Å². The Morgan fingerprint density at radius 1 is 0.318 bits per heavy atom. The highest BCUT2D eigenvalue weighted by molar-refractivity contribution is 7.47. The van der Waals surface area contributed by atoms with Crippen molar-refractivity contribution in [3.05, 3.63) is 0 Å². The second kappa shape index (κ2) is 61.3. The lowest BCUT2D eigenvalue weighted by atomic mass is 9.99. The van der Waals surface area contributed by atoms with Crippen molar-refractivity contribution in [2.24, 2.45) is 11.8 Å². The molecule has 0 aromatic heterocycles. The van der Waals surface area contributed by atoms with Gasteiger partial charge in [-0.2, -0.15) is 0 Å². The number of hydrogen-bond acceptors (Lipinski definition) is 15. The third kappa shape index (κ3) is 60.3. The number of hydrogen-bond donors (Lipinski definition) is 3. The van der Waals surface area contributed by atoms with E-state index in [9.17, 15) is 43.2 Å². The van der Waals surface area contributed by atoms with Crippen LogP contribution in [0.4, 0.5) is 0 Å². The first-order valence-corrected chi connectivity index (χ1v) is 39.1. The van der Waals surface area contributed by atoms with Gasteiger partial charge in [0.1, 0.15) is 19.3 Å². The summed E-state index contributed by atoms with van der Waals surface area (Å²) in [5.74, 6) is -0.550. The second-order valence-corrected chi connectivity index (χ2v) is 28.3. The lowest BCUT2D eigenvalue weighted by Gasteiger charge is -2.21. The molecule has 0 rings (SSSR count). The highest BCUT2D eigenvalue weighted by Crippen LogP contribution is 2.45. The summed E-state index contributed by atoms with van der Waals surface area (Å²) in [6.07, 6.45) is 45.7. The van der Waals surface area contributed by atoms with Crippen LogP contribution < -0.4 is 0 Å². The van der Waals surface area contributed by atoms with Gasteiger partial charge in [-0.25, -0.2) is 9.13 Å². The van der Waals surface area contributed by atoms with Gasteiger partial charge in [0, 0.05) is 25.7 Å². The molecule has 0 spiro atoms. The molecular weight excluding hydrogens is 1160 g/mol. The number of esters is 4. The van der Waals surface area contributed by atoms with Gasteiger partial charge in [-0.15, -0.1) is 0 Å². The van der Waals surface area contributed by atoms with Crippen molar-refractivity contribution in [3.63, 3.8) is 0 Å². The number of aliphatic hydroxyl groups is 1. The average molecular weight is 1300 g/mol. The number of unbranched alkanes of at least 4 members (excludes halogenated alkanes) is 36. The number of rotatable bonds is 68. The van der Waals surface area contributed by atoms with Gasteiger partial charge in [0.15, 0.2) is 12.2 Å². The topological polar surface area (TPSA) is 237 Å². The molecule has 0 amide bonds. The summed E-state index contributed by atoms with van der Waals surface area (Å²) in [5, 5.41) is 10.6. The molecule has 0 aromatic rings. The van der Waals surface area contributed by atoms with Crippen molar-refractivity contribution in [1.29, 1.82) is 0 Å². The van der Waals surface area contributed by atoms with E-state index in [1.165, 1.54) is 161 Å². The van der Waals surface area contributed by atoms with E-state index in [-0.39, 0.29) is 25.7 Å². The van der Waals surface area contributed by atoms with Gasteiger partial charge in [0.05, 0.1) is 26.4 Å². The maximum absolute atomic E-state index is 13.0. The summed E-state index contributed by atoms with van der Waals surface area (Å²) >= 11 is 0. The Labute approximate surface area is 537 Å². The smallest absolute Gasteiger partial charge is 0.462 e. The van der Waals surface area contributed by atoms with E-state index in [4.69, 9.17) is 37.0 Å². The molecule has 0 aliphatic carbocycles. The molecule has 7 atom stereocenters. The van der Waals surface area contributed by atoms with Crippen molar-refractivity contribution in [2.45, 2.75) is 368 Å². The van der Waals surface area contributed by atoms with Gasteiger partial charge in [-0.05, 0) is 37.5 Å². The summed E-state index contributed by atoms with van der Waals surface area (Å²) in [7, 11) is -9.89. The first-order valence-electron chi connectivity index (χ1n) is 36.1. The van der Waals surface area contributed by atoms with Gasteiger partial charge in [0.2, 0.25) is 0 Å². The van der Waals surface area contributed by atoms with Crippen molar-refractivity contribution in [2.75, 3.05) is 39.6 Å². The van der Waals surface area contributed by atoms with Gasteiger partial charge in [-0.1, -0.05) is 298 Å². The van der Waals surface area contributed by atoms with Crippen molar-refractivity contribution < 1.29 is 80.2 Å². The standard InChI is InChI=1S/C69H134O17P2/c1-7-11-13-15-17-19-28-32-39-45-51-66(71)79-57-64(85-68(73)53-47-41-33-29-20-18-16-14-12-8-2)59-83-87(75,76)81-55-63(70)56-82-88(77,78)84-60-65(58-80-67(72)52-46-40-36-35-38-44-50-62(6)10-4)86-69(74)54-48-42-34-30-26-24-22-21-23-25-27-31-37-43-49-61(5)9-3/h61-65,70H,7-60H2,1-6H3,(H,75,76)(H,77,78)/t61?,62?,63-,64+,65+/m0/s1. The molecule has 88 heavy (non-hydrogen) atoms. The average Bonchev–Trinajstić information content (AvgIpc) is 3.49. The number of carbonyl (C=O) groups is 4. The van der Waals surface area contributed by atoms with Crippen molar-refractivity contribution >= 4 is 39.5 Å². The van der Waals surface area contributed by atoms with Crippen LogP contribution in [0.15, 0.2) is 0 Å². The van der Waals surface area contributed by atoms with Crippen LogP contribution in [-0.4, -0.2) is 96.7 Å². The maximum atomic E-state index is 13.0. The molecule has 0 saturated heterocycles. The van der Waals surface area contributed by atoms with Gasteiger partial charge >= 0.3 is 39.5 Å². The number of phosphoric acid groups is 2. The Morgan fingerprint density at radius 3 is 0.807 bits per heavy atom. The fraction of sp³-hybridized carbons (Fsp3) is 0.942. The van der Waals surface area contributed by atoms with E-state index < -0.39 is 97.5 Å². The molecule has 19 heteroatoms. The SMILES string of the molecule is CCCCCCCCCCCCC(=O)OC[C@H](COP(=O)(O)OC[C@H](O)COP(=O)(O)OC[C@@H](COC(=O)CCCCCCCCC(C)CC)OC(=O)CCCCCCCCCCCCCCCCC(C)CC)OC(=O)CCCCCCCCCCCC. The van der Waals surface area contributed by atoms with E-state index >= 15 is 0 Å². The molecule has 17 nitrogen and oxygen atoms in total. The first kappa shape index (κ1) is 86.1.